The summed E-state index contributed by atoms with van der Waals surface area (Å²) in [5.74, 6) is 0.946. The van der Waals surface area contributed by atoms with Gasteiger partial charge in [-0.15, -0.1) is 0 Å². The Hall–Kier alpha value is -1.55. The van der Waals surface area contributed by atoms with Gasteiger partial charge in [-0.2, -0.15) is 5.10 Å². The molecule has 4 nitrogen and oxygen atoms in total. The van der Waals surface area contributed by atoms with Gasteiger partial charge in [0.25, 0.3) is 0 Å². The number of aryl methyl sites for hydroxylation is 2. The van der Waals surface area contributed by atoms with Gasteiger partial charge in [0.15, 0.2) is 0 Å². The highest BCUT2D eigenvalue weighted by Crippen LogP contribution is 2.19. The monoisotopic (exact) mass is 219 g/mol. The van der Waals surface area contributed by atoms with Gasteiger partial charge in [0.05, 0.1) is 12.5 Å². The van der Waals surface area contributed by atoms with Crippen LogP contribution in [0, 0.1) is 6.92 Å². The molecule has 2 rings (SSSR count). The van der Waals surface area contributed by atoms with E-state index in [-0.39, 0.29) is 6.04 Å². The molecule has 0 saturated heterocycles. The molecule has 0 fully saturated rings. The van der Waals surface area contributed by atoms with E-state index < -0.39 is 0 Å². The topological polar surface area (TPSA) is 43.0 Å². The van der Waals surface area contributed by atoms with E-state index in [9.17, 15) is 0 Å². The average Bonchev–Trinajstić information content (AvgIpc) is 2.84. The molecule has 0 radical (unpaired) electrons. The van der Waals surface area contributed by atoms with Crippen molar-refractivity contribution in [3.8, 4) is 0 Å². The van der Waals surface area contributed by atoms with Gasteiger partial charge in [0.1, 0.15) is 5.76 Å². The van der Waals surface area contributed by atoms with Crippen molar-refractivity contribution in [1.29, 1.82) is 0 Å². The molecule has 0 amide bonds. The molecule has 0 saturated carbocycles. The number of likely N-dealkylation sites (N-methyl/N-ethyl adjacent to an activating group) is 1. The second-order valence-electron chi connectivity index (χ2n) is 4.06. The van der Waals surface area contributed by atoms with Crippen molar-refractivity contribution in [3.63, 3.8) is 0 Å². The molecule has 4 heteroatoms. The SMILES string of the molecule is CNC(Cc1cnn(C)c1)c1coc(C)c1. The summed E-state index contributed by atoms with van der Waals surface area (Å²) in [7, 11) is 3.89. The highest BCUT2D eigenvalue weighted by Gasteiger charge is 2.13. The van der Waals surface area contributed by atoms with Gasteiger partial charge in [-0.1, -0.05) is 0 Å². The second kappa shape index (κ2) is 4.53. The van der Waals surface area contributed by atoms with Gasteiger partial charge >= 0.3 is 0 Å². The molecule has 0 aromatic carbocycles. The fourth-order valence-corrected chi connectivity index (χ4v) is 1.85. The molecule has 0 aliphatic heterocycles. The normalized spacial score (nSPS) is 12.9. The van der Waals surface area contributed by atoms with Crippen LogP contribution >= 0.6 is 0 Å². The van der Waals surface area contributed by atoms with Crippen molar-refractivity contribution in [2.45, 2.75) is 19.4 Å². The van der Waals surface area contributed by atoms with Crippen LogP contribution < -0.4 is 5.32 Å². The van der Waals surface area contributed by atoms with Crippen LogP contribution in [0.15, 0.2) is 29.1 Å². The van der Waals surface area contributed by atoms with Gasteiger partial charge in [0.2, 0.25) is 0 Å². The van der Waals surface area contributed by atoms with E-state index in [1.54, 1.807) is 0 Å². The summed E-state index contributed by atoms with van der Waals surface area (Å²) in [6, 6.07) is 2.35. The Kier molecular flexibility index (Phi) is 3.10. The van der Waals surface area contributed by atoms with Gasteiger partial charge in [-0.05, 0) is 32.0 Å². The molecule has 0 aliphatic carbocycles. The Morgan fingerprint density at radius 3 is 2.88 bits per heavy atom. The lowest BCUT2D eigenvalue weighted by molar-refractivity contribution is 0.520. The van der Waals surface area contributed by atoms with Crippen LogP contribution in [0.4, 0.5) is 0 Å². The molecule has 1 N–H and O–H groups in total. The molecule has 2 heterocycles. The lowest BCUT2D eigenvalue weighted by atomic mass is 10.0. The maximum absolute atomic E-state index is 5.33. The fraction of sp³-hybridized carbons (Fsp3) is 0.417. The number of furan rings is 1. The number of aromatic nitrogens is 2. The quantitative estimate of drug-likeness (QED) is 0.853. The van der Waals surface area contributed by atoms with Crippen molar-refractivity contribution < 1.29 is 4.42 Å². The first-order chi connectivity index (χ1) is 7.69. The second-order valence-corrected chi connectivity index (χ2v) is 4.06. The van der Waals surface area contributed by atoms with E-state index in [0.29, 0.717) is 0 Å². The van der Waals surface area contributed by atoms with Crippen molar-refractivity contribution in [1.82, 2.24) is 15.1 Å². The summed E-state index contributed by atoms with van der Waals surface area (Å²) in [5.41, 5.74) is 2.41. The lowest BCUT2D eigenvalue weighted by Crippen LogP contribution is -2.17. The van der Waals surface area contributed by atoms with E-state index in [1.807, 2.05) is 44.4 Å². The van der Waals surface area contributed by atoms with Gasteiger partial charge in [-0.25, -0.2) is 0 Å². The molecule has 2 aromatic rings. The minimum absolute atomic E-state index is 0.279. The van der Waals surface area contributed by atoms with E-state index in [4.69, 9.17) is 4.42 Å². The highest BCUT2D eigenvalue weighted by molar-refractivity contribution is 5.19. The van der Waals surface area contributed by atoms with Gasteiger partial charge in [-0.3, -0.25) is 4.68 Å². The van der Waals surface area contributed by atoms with Gasteiger partial charge < -0.3 is 9.73 Å². The predicted molar refractivity (Wildman–Crippen MR) is 62.2 cm³/mol. The first-order valence-corrected chi connectivity index (χ1v) is 5.39. The maximum Gasteiger partial charge on any atom is 0.101 e. The third kappa shape index (κ3) is 2.33. The summed E-state index contributed by atoms with van der Waals surface area (Å²) in [5, 5.41) is 7.46. The molecular formula is C12H17N3O. The Balaban J connectivity index is 2.12. The molecule has 2 aromatic heterocycles. The number of hydrogen-bond acceptors (Lipinski definition) is 3. The molecule has 16 heavy (non-hydrogen) atoms. The minimum atomic E-state index is 0.279. The van der Waals surface area contributed by atoms with Crippen molar-refractivity contribution in [2.24, 2.45) is 7.05 Å². The average molecular weight is 219 g/mol. The third-order valence-electron chi connectivity index (χ3n) is 2.70. The zero-order chi connectivity index (χ0) is 11.5. The Bertz CT molecular complexity index is 458. The first kappa shape index (κ1) is 11.0. The van der Waals surface area contributed by atoms with Crippen LogP contribution in [0.3, 0.4) is 0 Å². The Morgan fingerprint density at radius 2 is 2.38 bits per heavy atom. The lowest BCUT2D eigenvalue weighted by Gasteiger charge is -2.12. The zero-order valence-corrected chi connectivity index (χ0v) is 9.90. The summed E-state index contributed by atoms with van der Waals surface area (Å²) in [6.07, 6.45) is 6.67. The zero-order valence-electron chi connectivity index (χ0n) is 9.90. The van der Waals surface area contributed by atoms with Crippen LogP contribution in [-0.2, 0) is 13.5 Å². The molecule has 1 unspecified atom stereocenters. The molecule has 0 bridgehead atoms. The summed E-state index contributed by atoms with van der Waals surface area (Å²) in [4.78, 5) is 0. The first-order valence-electron chi connectivity index (χ1n) is 5.39. The third-order valence-corrected chi connectivity index (χ3v) is 2.70. The van der Waals surface area contributed by atoms with Crippen molar-refractivity contribution >= 4 is 0 Å². The number of nitrogens with zero attached hydrogens (tertiary/aromatic N) is 2. The summed E-state index contributed by atoms with van der Waals surface area (Å²) in [6.45, 7) is 1.96. The molecule has 0 aliphatic rings. The van der Waals surface area contributed by atoms with Gasteiger partial charge in [0, 0.05) is 24.8 Å². The molecule has 0 spiro atoms. The summed E-state index contributed by atoms with van der Waals surface area (Å²) >= 11 is 0. The minimum Gasteiger partial charge on any atom is -0.469 e. The van der Waals surface area contributed by atoms with Crippen molar-refractivity contribution in [2.75, 3.05) is 7.05 Å². The van der Waals surface area contributed by atoms with Crippen LogP contribution in [-0.4, -0.2) is 16.8 Å². The molecule has 86 valence electrons. The standard InChI is InChI=1S/C12H17N3O/c1-9-4-11(8-16-9)12(13-2)5-10-6-14-15(3)7-10/h4,6-8,12-13H,5H2,1-3H3. The molecule has 1 atom stereocenters. The molecular weight excluding hydrogens is 202 g/mol. The van der Waals surface area contributed by atoms with Crippen LogP contribution in [0.25, 0.3) is 0 Å². The Labute approximate surface area is 95.3 Å². The van der Waals surface area contributed by atoms with E-state index in [2.05, 4.69) is 16.5 Å². The van der Waals surface area contributed by atoms with E-state index in [1.165, 1.54) is 11.1 Å². The summed E-state index contributed by atoms with van der Waals surface area (Å²) < 4.78 is 7.15. The predicted octanol–water partition coefficient (Wildman–Crippen LogP) is 1.82. The number of hydrogen-bond donors (Lipinski definition) is 1. The maximum atomic E-state index is 5.33. The highest BCUT2D eigenvalue weighted by atomic mass is 16.3. The van der Waals surface area contributed by atoms with Crippen LogP contribution in [0.1, 0.15) is 22.9 Å². The van der Waals surface area contributed by atoms with Crippen LogP contribution in [0.2, 0.25) is 0 Å². The smallest absolute Gasteiger partial charge is 0.101 e. The number of rotatable bonds is 4. The largest absolute Gasteiger partial charge is 0.469 e. The Morgan fingerprint density at radius 1 is 1.56 bits per heavy atom. The van der Waals surface area contributed by atoms with Crippen LogP contribution in [0.5, 0.6) is 0 Å². The number of nitrogens with one attached hydrogen (secondary N) is 1. The fourth-order valence-electron chi connectivity index (χ4n) is 1.85. The van der Waals surface area contributed by atoms with E-state index >= 15 is 0 Å². The van der Waals surface area contributed by atoms with E-state index in [0.717, 1.165) is 12.2 Å². The van der Waals surface area contributed by atoms with Crippen molar-refractivity contribution in [3.05, 3.63) is 41.6 Å².